The number of rotatable bonds is 19. The zero-order chi connectivity index (χ0) is 23.2. The molecule has 174 valence electrons. The Labute approximate surface area is 178 Å². The molecule has 0 saturated carbocycles. The second kappa shape index (κ2) is 14.0. The quantitative estimate of drug-likeness (QED) is 0.213. The highest BCUT2D eigenvalue weighted by atomic mass is 16.4. The van der Waals surface area contributed by atoms with Crippen LogP contribution in [0.15, 0.2) is 0 Å². The number of aliphatic carboxylic acids is 4. The van der Waals surface area contributed by atoms with Gasteiger partial charge in [0.2, 0.25) is 0 Å². The Kier molecular flexibility index (Phi) is 13.0. The average Bonchev–Trinajstić information content (AvgIpc) is 2.64. The van der Waals surface area contributed by atoms with Gasteiger partial charge in [-0.2, -0.15) is 0 Å². The second-order valence-corrected chi connectivity index (χ2v) is 8.24. The molecule has 0 rings (SSSR count). The first-order valence-corrected chi connectivity index (χ1v) is 11.0. The first-order valence-electron chi connectivity index (χ1n) is 11.0. The normalized spacial score (nSPS) is 15.1. The SMILES string of the molecule is CCCCCCCC(CC(=O)O)(C(=O)O)C(CCCCCCC)(CC(=O)O)C(=O)O. The smallest absolute Gasteiger partial charge is 0.311 e. The molecule has 0 heterocycles. The molecule has 0 bridgehead atoms. The van der Waals surface area contributed by atoms with Gasteiger partial charge >= 0.3 is 23.9 Å². The molecule has 0 amide bonds. The van der Waals surface area contributed by atoms with Gasteiger partial charge in [0.25, 0.3) is 0 Å². The van der Waals surface area contributed by atoms with E-state index in [2.05, 4.69) is 0 Å². The fraction of sp³-hybridized carbons (Fsp3) is 0.818. The lowest BCUT2D eigenvalue weighted by atomic mass is 9.55. The van der Waals surface area contributed by atoms with E-state index < -0.39 is 47.5 Å². The van der Waals surface area contributed by atoms with Crippen molar-refractivity contribution in [2.75, 3.05) is 0 Å². The minimum Gasteiger partial charge on any atom is -0.481 e. The van der Waals surface area contributed by atoms with E-state index in [1.807, 2.05) is 13.8 Å². The van der Waals surface area contributed by atoms with E-state index in [4.69, 9.17) is 0 Å². The van der Waals surface area contributed by atoms with Gasteiger partial charge in [-0.3, -0.25) is 19.2 Å². The molecule has 0 aromatic heterocycles. The average molecular weight is 431 g/mol. The van der Waals surface area contributed by atoms with Crippen LogP contribution in [0.1, 0.15) is 104 Å². The van der Waals surface area contributed by atoms with Gasteiger partial charge in [-0.05, 0) is 12.8 Å². The maximum Gasteiger partial charge on any atom is 0.311 e. The molecule has 4 N–H and O–H groups in total. The zero-order valence-corrected chi connectivity index (χ0v) is 18.3. The standard InChI is InChI=1S/C22H38O8/c1-3-5-7-9-11-13-21(19(27)28,15-17(23)24)22(20(29)30,16-18(25)26)14-12-10-8-6-4-2/h3-16H2,1-2H3,(H,23,24)(H,25,26)(H,27,28)(H,29,30). The maximum absolute atomic E-state index is 12.4. The van der Waals surface area contributed by atoms with Crippen molar-refractivity contribution in [2.24, 2.45) is 10.8 Å². The summed E-state index contributed by atoms with van der Waals surface area (Å²) in [5, 5.41) is 39.1. The van der Waals surface area contributed by atoms with Gasteiger partial charge < -0.3 is 20.4 Å². The summed E-state index contributed by atoms with van der Waals surface area (Å²) in [4.78, 5) is 48.1. The van der Waals surface area contributed by atoms with Crippen LogP contribution in [0.5, 0.6) is 0 Å². The third-order valence-corrected chi connectivity index (χ3v) is 6.06. The summed E-state index contributed by atoms with van der Waals surface area (Å²) in [7, 11) is 0. The summed E-state index contributed by atoms with van der Waals surface area (Å²) in [6, 6.07) is 0. The third kappa shape index (κ3) is 7.95. The van der Waals surface area contributed by atoms with Gasteiger partial charge in [-0.1, -0.05) is 78.1 Å². The Balaban J connectivity index is 6.10. The lowest BCUT2D eigenvalue weighted by Crippen LogP contribution is -2.55. The lowest BCUT2D eigenvalue weighted by Gasteiger charge is -2.44. The van der Waals surface area contributed by atoms with Crippen LogP contribution < -0.4 is 0 Å². The molecule has 0 saturated heterocycles. The molecule has 0 spiro atoms. The van der Waals surface area contributed by atoms with Crippen molar-refractivity contribution in [3.63, 3.8) is 0 Å². The van der Waals surface area contributed by atoms with E-state index >= 15 is 0 Å². The molecule has 2 atom stereocenters. The Hall–Kier alpha value is -2.12. The molecule has 0 aromatic rings. The van der Waals surface area contributed by atoms with Crippen LogP contribution >= 0.6 is 0 Å². The van der Waals surface area contributed by atoms with Crippen LogP contribution in [0.4, 0.5) is 0 Å². The second-order valence-electron chi connectivity index (χ2n) is 8.24. The Morgan fingerprint density at radius 3 is 1.07 bits per heavy atom. The molecule has 30 heavy (non-hydrogen) atoms. The fourth-order valence-corrected chi connectivity index (χ4v) is 4.35. The van der Waals surface area contributed by atoms with Crippen molar-refractivity contribution in [2.45, 2.75) is 104 Å². The minimum atomic E-state index is -2.18. The summed E-state index contributed by atoms with van der Waals surface area (Å²) >= 11 is 0. The van der Waals surface area contributed by atoms with E-state index in [-0.39, 0.29) is 12.8 Å². The third-order valence-electron chi connectivity index (χ3n) is 6.06. The molecule has 0 aliphatic heterocycles. The van der Waals surface area contributed by atoms with Crippen LogP contribution in [-0.2, 0) is 19.2 Å². The summed E-state index contributed by atoms with van der Waals surface area (Å²) in [5.41, 5.74) is -4.36. The van der Waals surface area contributed by atoms with Gasteiger partial charge in [0.1, 0.15) is 0 Å². The molecule has 0 radical (unpaired) electrons. The van der Waals surface area contributed by atoms with Crippen LogP contribution in [0, 0.1) is 10.8 Å². The number of unbranched alkanes of at least 4 members (excludes halogenated alkanes) is 8. The minimum absolute atomic E-state index is 0.174. The predicted molar refractivity (Wildman–Crippen MR) is 111 cm³/mol. The van der Waals surface area contributed by atoms with E-state index in [9.17, 15) is 39.6 Å². The Morgan fingerprint density at radius 1 is 0.533 bits per heavy atom. The largest absolute Gasteiger partial charge is 0.481 e. The van der Waals surface area contributed by atoms with Gasteiger partial charge in [0.05, 0.1) is 23.7 Å². The molecular formula is C22H38O8. The first kappa shape index (κ1) is 27.9. The highest BCUT2D eigenvalue weighted by Crippen LogP contribution is 2.52. The highest BCUT2D eigenvalue weighted by Gasteiger charge is 2.62. The van der Waals surface area contributed by atoms with Crippen molar-refractivity contribution in [3.8, 4) is 0 Å². The van der Waals surface area contributed by atoms with Gasteiger partial charge in [0, 0.05) is 0 Å². The number of carboxylic acid groups (broad SMARTS) is 4. The number of hydrogen-bond donors (Lipinski definition) is 4. The molecule has 2 unspecified atom stereocenters. The topological polar surface area (TPSA) is 149 Å². The fourth-order valence-electron chi connectivity index (χ4n) is 4.35. The summed E-state index contributed by atoms with van der Waals surface area (Å²) in [6.07, 6.45) is 5.26. The van der Waals surface area contributed by atoms with Crippen LogP contribution in [-0.4, -0.2) is 44.3 Å². The van der Waals surface area contributed by atoms with Crippen molar-refractivity contribution in [1.29, 1.82) is 0 Å². The molecule has 0 fully saturated rings. The Bertz CT molecular complexity index is 523. The van der Waals surface area contributed by atoms with Gasteiger partial charge in [0.15, 0.2) is 0 Å². The maximum atomic E-state index is 12.4. The molecule has 8 nitrogen and oxygen atoms in total. The molecular weight excluding hydrogens is 392 g/mol. The van der Waals surface area contributed by atoms with E-state index in [1.165, 1.54) is 0 Å². The summed E-state index contributed by atoms with van der Waals surface area (Å²) in [5.74, 6) is -5.96. The van der Waals surface area contributed by atoms with Crippen LogP contribution in [0.2, 0.25) is 0 Å². The molecule has 0 aliphatic carbocycles. The summed E-state index contributed by atoms with van der Waals surface area (Å²) in [6.45, 7) is 4.04. The monoisotopic (exact) mass is 430 g/mol. The van der Waals surface area contributed by atoms with Crippen LogP contribution in [0.25, 0.3) is 0 Å². The number of carboxylic acids is 4. The number of hydrogen-bond acceptors (Lipinski definition) is 4. The molecule has 0 aromatic carbocycles. The number of carbonyl (C=O) groups is 4. The predicted octanol–water partition coefficient (Wildman–Crippen LogP) is 4.80. The highest BCUT2D eigenvalue weighted by molar-refractivity contribution is 5.92. The zero-order valence-electron chi connectivity index (χ0n) is 18.3. The van der Waals surface area contributed by atoms with Crippen molar-refractivity contribution in [3.05, 3.63) is 0 Å². The summed E-state index contributed by atoms with van der Waals surface area (Å²) < 4.78 is 0. The molecule has 8 heteroatoms. The van der Waals surface area contributed by atoms with Crippen molar-refractivity contribution >= 4 is 23.9 Å². The lowest BCUT2D eigenvalue weighted by molar-refractivity contribution is -0.184. The van der Waals surface area contributed by atoms with Crippen molar-refractivity contribution < 1.29 is 39.6 Å². The van der Waals surface area contributed by atoms with E-state index in [0.717, 1.165) is 38.5 Å². The Morgan fingerprint density at radius 2 is 0.833 bits per heavy atom. The van der Waals surface area contributed by atoms with Gasteiger partial charge in [-0.25, -0.2) is 0 Å². The molecule has 0 aliphatic rings. The first-order chi connectivity index (χ1) is 14.1. The van der Waals surface area contributed by atoms with E-state index in [0.29, 0.717) is 25.7 Å². The van der Waals surface area contributed by atoms with Gasteiger partial charge in [-0.15, -0.1) is 0 Å². The van der Waals surface area contributed by atoms with Crippen LogP contribution in [0.3, 0.4) is 0 Å². The van der Waals surface area contributed by atoms with E-state index in [1.54, 1.807) is 0 Å². The van der Waals surface area contributed by atoms with Crippen molar-refractivity contribution in [1.82, 2.24) is 0 Å².